The summed E-state index contributed by atoms with van der Waals surface area (Å²) in [5.74, 6) is 0.283. The van der Waals surface area contributed by atoms with E-state index < -0.39 is 0 Å². The largest absolute Gasteiger partial charge is 0.342 e. The average Bonchev–Trinajstić information content (AvgIpc) is 2.73. The number of amides is 2. The van der Waals surface area contributed by atoms with Crippen molar-refractivity contribution in [2.45, 2.75) is 45.6 Å². The lowest BCUT2D eigenvalue weighted by Gasteiger charge is -2.48. The van der Waals surface area contributed by atoms with Gasteiger partial charge in [0.15, 0.2) is 0 Å². The van der Waals surface area contributed by atoms with E-state index in [4.69, 9.17) is 0 Å². The summed E-state index contributed by atoms with van der Waals surface area (Å²) in [5.41, 5.74) is 2.45. The number of carbonyl (C=O) groups is 2. The normalized spacial score (nSPS) is 22.2. The van der Waals surface area contributed by atoms with Crippen molar-refractivity contribution < 1.29 is 9.59 Å². The fraction of sp³-hybridized carbons (Fsp3) is 0.500. The zero-order valence-corrected chi connectivity index (χ0v) is 16.9. The molecule has 7 heteroatoms. The van der Waals surface area contributed by atoms with Crippen molar-refractivity contribution in [3.63, 3.8) is 0 Å². The second-order valence-electron chi connectivity index (χ2n) is 8.32. The highest BCUT2D eigenvalue weighted by molar-refractivity contribution is 5.79. The number of rotatable bonds is 4. The minimum atomic E-state index is -0.0237. The number of nitrogens with zero attached hydrogens (tertiary/aromatic N) is 5. The summed E-state index contributed by atoms with van der Waals surface area (Å²) in [6.45, 7) is 4.55. The van der Waals surface area contributed by atoms with Crippen molar-refractivity contribution in [3.8, 4) is 0 Å². The molecule has 2 aliphatic heterocycles. The molecule has 29 heavy (non-hydrogen) atoms. The van der Waals surface area contributed by atoms with Gasteiger partial charge in [0, 0.05) is 49.6 Å². The maximum atomic E-state index is 12.8. The van der Waals surface area contributed by atoms with E-state index in [0.29, 0.717) is 32.5 Å². The predicted molar refractivity (Wildman–Crippen MR) is 108 cm³/mol. The van der Waals surface area contributed by atoms with Gasteiger partial charge in [0.1, 0.15) is 0 Å². The molecule has 1 spiro atoms. The van der Waals surface area contributed by atoms with Gasteiger partial charge >= 0.3 is 0 Å². The zero-order valence-electron chi connectivity index (χ0n) is 16.9. The molecule has 4 heterocycles. The molecule has 1 atom stereocenters. The fourth-order valence-electron chi connectivity index (χ4n) is 4.47. The van der Waals surface area contributed by atoms with Crippen LogP contribution in [0.15, 0.2) is 36.8 Å². The molecule has 2 aromatic heterocycles. The molecule has 0 saturated carbocycles. The van der Waals surface area contributed by atoms with Gasteiger partial charge < -0.3 is 9.80 Å². The lowest BCUT2D eigenvalue weighted by molar-refractivity contribution is -0.143. The Bertz CT molecular complexity index is 871. The lowest BCUT2D eigenvalue weighted by Crippen LogP contribution is -2.55. The number of piperidine rings is 2. The van der Waals surface area contributed by atoms with Crippen LogP contribution in [-0.2, 0) is 22.6 Å². The summed E-state index contributed by atoms with van der Waals surface area (Å²) < 4.78 is 0. The number of pyridine rings is 1. The Morgan fingerprint density at radius 3 is 2.76 bits per heavy atom. The predicted octanol–water partition coefficient (Wildman–Crippen LogP) is 2.15. The van der Waals surface area contributed by atoms with Gasteiger partial charge in [0.05, 0.1) is 30.6 Å². The number of hydrogen-bond donors (Lipinski definition) is 0. The van der Waals surface area contributed by atoms with Crippen LogP contribution in [-0.4, -0.2) is 56.2 Å². The van der Waals surface area contributed by atoms with E-state index in [2.05, 4.69) is 15.0 Å². The van der Waals surface area contributed by atoms with Crippen LogP contribution >= 0.6 is 0 Å². The number of hydrogen-bond acceptors (Lipinski definition) is 5. The second kappa shape index (κ2) is 8.27. The van der Waals surface area contributed by atoms with E-state index in [0.717, 1.165) is 42.9 Å². The molecule has 0 aliphatic carbocycles. The van der Waals surface area contributed by atoms with Crippen LogP contribution in [0.3, 0.4) is 0 Å². The van der Waals surface area contributed by atoms with Crippen molar-refractivity contribution in [3.05, 3.63) is 53.9 Å². The van der Waals surface area contributed by atoms with Crippen LogP contribution in [0.2, 0.25) is 0 Å². The Balaban J connectivity index is 1.43. The maximum absolute atomic E-state index is 12.8. The van der Waals surface area contributed by atoms with Crippen molar-refractivity contribution >= 4 is 11.8 Å². The van der Waals surface area contributed by atoms with E-state index in [1.54, 1.807) is 18.6 Å². The topological polar surface area (TPSA) is 79.3 Å². The molecular formula is C22H27N5O2. The summed E-state index contributed by atoms with van der Waals surface area (Å²) in [7, 11) is 0. The van der Waals surface area contributed by atoms with Crippen LogP contribution in [0, 0.1) is 12.3 Å². The lowest BCUT2D eigenvalue weighted by atomic mass is 9.73. The summed E-state index contributed by atoms with van der Waals surface area (Å²) >= 11 is 0. The van der Waals surface area contributed by atoms with Crippen LogP contribution in [0.4, 0.5) is 0 Å². The van der Waals surface area contributed by atoms with Gasteiger partial charge in [-0.1, -0.05) is 6.07 Å². The standard InChI is InChI=1S/C22H27N5O2/c1-17-12-25-19(13-24-17)14-27-16-22(8-6-20(27)28)7-4-10-26(15-22)21(29)11-18-5-2-3-9-23-18/h2-3,5,9,12-13H,4,6-8,10-11,14-16H2,1H3/t22-/m0/s1. The molecule has 2 aromatic rings. The molecule has 0 bridgehead atoms. The Morgan fingerprint density at radius 2 is 2.00 bits per heavy atom. The van der Waals surface area contributed by atoms with Gasteiger partial charge in [-0.25, -0.2) is 0 Å². The third kappa shape index (κ3) is 4.60. The van der Waals surface area contributed by atoms with Gasteiger partial charge in [0.2, 0.25) is 11.8 Å². The Kier molecular flexibility index (Phi) is 5.56. The van der Waals surface area contributed by atoms with Crippen molar-refractivity contribution in [2.24, 2.45) is 5.41 Å². The van der Waals surface area contributed by atoms with Gasteiger partial charge in [-0.05, 0) is 38.3 Å². The van der Waals surface area contributed by atoms with Gasteiger partial charge in [-0.3, -0.25) is 24.5 Å². The Labute approximate surface area is 171 Å². The molecule has 0 unspecified atom stereocenters. The molecule has 0 N–H and O–H groups in total. The molecule has 2 saturated heterocycles. The van der Waals surface area contributed by atoms with Crippen molar-refractivity contribution in [1.29, 1.82) is 0 Å². The van der Waals surface area contributed by atoms with Crippen LogP contribution in [0.1, 0.15) is 42.8 Å². The molecular weight excluding hydrogens is 366 g/mol. The second-order valence-corrected chi connectivity index (χ2v) is 8.32. The number of aromatic nitrogens is 3. The van der Waals surface area contributed by atoms with E-state index in [-0.39, 0.29) is 17.2 Å². The highest BCUT2D eigenvalue weighted by atomic mass is 16.2. The van der Waals surface area contributed by atoms with Crippen molar-refractivity contribution in [2.75, 3.05) is 19.6 Å². The van der Waals surface area contributed by atoms with Crippen LogP contribution < -0.4 is 0 Å². The maximum Gasteiger partial charge on any atom is 0.228 e. The summed E-state index contributed by atoms with van der Waals surface area (Å²) in [4.78, 5) is 42.2. The molecule has 2 fully saturated rings. The Hall–Kier alpha value is -2.83. The third-order valence-corrected chi connectivity index (χ3v) is 6.01. The molecule has 4 rings (SSSR count). The van der Waals surface area contributed by atoms with Crippen LogP contribution in [0.5, 0.6) is 0 Å². The molecule has 0 radical (unpaired) electrons. The minimum Gasteiger partial charge on any atom is -0.342 e. The first kappa shape index (κ1) is 19.5. The first-order valence-corrected chi connectivity index (χ1v) is 10.3. The summed E-state index contributed by atoms with van der Waals surface area (Å²) in [5, 5.41) is 0. The number of carbonyl (C=O) groups excluding carboxylic acids is 2. The van der Waals surface area contributed by atoms with Gasteiger partial charge in [-0.2, -0.15) is 0 Å². The fourth-order valence-corrected chi connectivity index (χ4v) is 4.47. The molecule has 2 amide bonds. The van der Waals surface area contributed by atoms with E-state index >= 15 is 0 Å². The quantitative estimate of drug-likeness (QED) is 0.795. The van der Waals surface area contributed by atoms with Crippen LogP contribution in [0.25, 0.3) is 0 Å². The molecule has 152 valence electrons. The smallest absolute Gasteiger partial charge is 0.228 e. The molecule has 7 nitrogen and oxygen atoms in total. The first-order valence-electron chi connectivity index (χ1n) is 10.3. The number of aryl methyl sites for hydroxylation is 1. The zero-order chi connectivity index (χ0) is 20.3. The highest BCUT2D eigenvalue weighted by Crippen LogP contribution is 2.39. The molecule has 2 aliphatic rings. The average molecular weight is 393 g/mol. The summed E-state index contributed by atoms with van der Waals surface area (Å²) in [6, 6.07) is 5.66. The minimum absolute atomic E-state index is 0.0237. The van der Waals surface area contributed by atoms with E-state index in [1.165, 1.54) is 0 Å². The molecule has 0 aromatic carbocycles. The van der Waals surface area contributed by atoms with E-state index in [9.17, 15) is 9.59 Å². The van der Waals surface area contributed by atoms with Gasteiger partial charge in [0.25, 0.3) is 0 Å². The Morgan fingerprint density at radius 1 is 1.10 bits per heavy atom. The van der Waals surface area contributed by atoms with Crippen molar-refractivity contribution in [1.82, 2.24) is 24.8 Å². The third-order valence-electron chi connectivity index (χ3n) is 6.01. The number of likely N-dealkylation sites (tertiary alicyclic amines) is 2. The summed E-state index contributed by atoms with van der Waals surface area (Å²) in [6.07, 6.45) is 8.92. The SMILES string of the molecule is Cc1cnc(CN2C[C@@]3(CCCN(C(=O)Cc4ccccn4)C3)CCC2=O)cn1. The van der Waals surface area contributed by atoms with E-state index in [1.807, 2.05) is 34.9 Å². The highest BCUT2D eigenvalue weighted by Gasteiger charge is 2.42. The van der Waals surface area contributed by atoms with Gasteiger partial charge in [-0.15, -0.1) is 0 Å². The monoisotopic (exact) mass is 393 g/mol. The first-order chi connectivity index (χ1) is 14.0.